The van der Waals surface area contributed by atoms with Gasteiger partial charge in [0, 0.05) is 22.3 Å². The van der Waals surface area contributed by atoms with Crippen LogP contribution in [0.15, 0.2) is 53.4 Å². The summed E-state index contributed by atoms with van der Waals surface area (Å²) in [5, 5.41) is 6.07. The molecule has 8 heteroatoms. The van der Waals surface area contributed by atoms with Gasteiger partial charge in [0.25, 0.3) is 0 Å². The van der Waals surface area contributed by atoms with Gasteiger partial charge in [0.1, 0.15) is 5.75 Å². The number of benzene rings is 2. The average Bonchev–Trinajstić information content (AvgIpc) is 2.45. The lowest BCUT2D eigenvalue weighted by atomic mass is 10.3. The number of nitrogens with one attached hydrogen (secondary N) is 2. The number of ether oxygens (including phenoxy) is 1. The maximum Gasteiger partial charge on any atom is 0.573 e. The van der Waals surface area contributed by atoms with E-state index in [2.05, 4.69) is 15.4 Å². The second-order valence-corrected chi connectivity index (χ2v) is 5.67. The van der Waals surface area contributed by atoms with Gasteiger partial charge in [-0.2, -0.15) is 0 Å². The van der Waals surface area contributed by atoms with Crippen LogP contribution in [0.25, 0.3) is 0 Å². The van der Waals surface area contributed by atoms with Gasteiger partial charge in [-0.25, -0.2) is 0 Å². The maximum atomic E-state index is 12.2. The van der Waals surface area contributed by atoms with E-state index in [4.69, 9.17) is 12.2 Å². The summed E-state index contributed by atoms with van der Waals surface area (Å²) in [6, 6.07) is 13.1. The van der Waals surface area contributed by atoms with Crippen molar-refractivity contribution >= 4 is 40.5 Å². The summed E-state index contributed by atoms with van der Waals surface area (Å²) < 4.78 is 40.5. The molecule has 0 atom stereocenters. The molecule has 23 heavy (non-hydrogen) atoms. The molecule has 0 aromatic heterocycles. The molecule has 0 saturated heterocycles. The SMILES string of the molecule is CSc1cccc(NC(=S)Nc2cccc(OC(F)(F)F)c2)c1. The topological polar surface area (TPSA) is 33.3 Å². The van der Waals surface area contributed by atoms with Crippen molar-refractivity contribution in [3.63, 3.8) is 0 Å². The summed E-state index contributed by atoms with van der Waals surface area (Å²) in [6.45, 7) is 0. The van der Waals surface area contributed by atoms with Crippen LogP contribution in [0.3, 0.4) is 0 Å². The minimum Gasteiger partial charge on any atom is -0.406 e. The van der Waals surface area contributed by atoms with Crippen molar-refractivity contribution in [2.24, 2.45) is 0 Å². The van der Waals surface area contributed by atoms with E-state index in [1.54, 1.807) is 17.8 Å². The van der Waals surface area contributed by atoms with Crippen molar-refractivity contribution in [1.29, 1.82) is 0 Å². The molecular formula is C15H13F3N2OS2. The monoisotopic (exact) mass is 358 g/mol. The molecule has 0 radical (unpaired) electrons. The Morgan fingerprint density at radius 2 is 1.65 bits per heavy atom. The first-order chi connectivity index (χ1) is 10.9. The van der Waals surface area contributed by atoms with E-state index in [0.717, 1.165) is 10.6 Å². The summed E-state index contributed by atoms with van der Waals surface area (Å²) >= 11 is 6.75. The van der Waals surface area contributed by atoms with Crippen LogP contribution in [0.5, 0.6) is 5.75 Å². The summed E-state index contributed by atoms with van der Waals surface area (Å²) in [5.74, 6) is -0.310. The van der Waals surface area contributed by atoms with Gasteiger partial charge in [0.2, 0.25) is 0 Å². The summed E-state index contributed by atoms with van der Waals surface area (Å²) in [5.41, 5.74) is 1.18. The summed E-state index contributed by atoms with van der Waals surface area (Å²) in [7, 11) is 0. The van der Waals surface area contributed by atoms with Crippen LogP contribution in [0.1, 0.15) is 0 Å². The molecule has 2 rings (SSSR count). The van der Waals surface area contributed by atoms with Crippen molar-refractivity contribution in [1.82, 2.24) is 0 Å². The first-order valence-electron chi connectivity index (χ1n) is 6.43. The van der Waals surface area contributed by atoms with Crippen LogP contribution in [-0.2, 0) is 0 Å². The number of hydrogen-bond donors (Lipinski definition) is 2. The van der Waals surface area contributed by atoms with Crippen LogP contribution < -0.4 is 15.4 Å². The largest absolute Gasteiger partial charge is 0.573 e. The zero-order valence-electron chi connectivity index (χ0n) is 12.0. The first kappa shape index (κ1) is 17.4. The molecule has 122 valence electrons. The van der Waals surface area contributed by atoms with Crippen molar-refractivity contribution in [3.8, 4) is 5.75 Å². The van der Waals surface area contributed by atoms with Gasteiger partial charge in [-0.1, -0.05) is 12.1 Å². The fourth-order valence-corrected chi connectivity index (χ4v) is 2.46. The third kappa shape index (κ3) is 5.99. The highest BCUT2D eigenvalue weighted by atomic mass is 32.2. The Morgan fingerprint density at radius 3 is 2.26 bits per heavy atom. The Hall–Kier alpha value is -1.93. The average molecular weight is 358 g/mol. The van der Waals surface area contributed by atoms with Crippen molar-refractivity contribution < 1.29 is 17.9 Å². The molecule has 0 saturated carbocycles. The molecule has 0 spiro atoms. The Kier molecular flexibility index (Phi) is 5.73. The lowest BCUT2D eigenvalue weighted by Crippen LogP contribution is -2.20. The fraction of sp³-hybridized carbons (Fsp3) is 0.133. The van der Waals surface area contributed by atoms with Crippen LogP contribution in [0.2, 0.25) is 0 Å². The Bertz CT molecular complexity index is 692. The highest BCUT2D eigenvalue weighted by Crippen LogP contribution is 2.25. The fourth-order valence-electron chi connectivity index (χ4n) is 1.77. The van der Waals surface area contributed by atoms with Crippen LogP contribution in [0.4, 0.5) is 24.5 Å². The second-order valence-electron chi connectivity index (χ2n) is 4.39. The minimum absolute atomic E-state index is 0.271. The third-order valence-electron chi connectivity index (χ3n) is 2.65. The highest BCUT2D eigenvalue weighted by molar-refractivity contribution is 7.98. The van der Waals surface area contributed by atoms with Crippen LogP contribution in [0, 0.1) is 0 Å². The molecule has 0 bridgehead atoms. The molecule has 3 nitrogen and oxygen atoms in total. The van der Waals surface area contributed by atoms with Gasteiger partial charge in [0.15, 0.2) is 5.11 Å². The van der Waals surface area contributed by atoms with Gasteiger partial charge in [-0.05, 0) is 48.8 Å². The van der Waals surface area contributed by atoms with E-state index in [9.17, 15) is 13.2 Å². The van der Waals surface area contributed by atoms with E-state index in [0.29, 0.717) is 5.69 Å². The normalized spacial score (nSPS) is 11.0. The molecule has 0 fully saturated rings. The number of thiocarbonyl (C=S) groups is 1. The number of thioether (sulfide) groups is 1. The van der Waals surface area contributed by atoms with E-state index >= 15 is 0 Å². The van der Waals surface area contributed by atoms with E-state index in [1.165, 1.54) is 18.2 Å². The van der Waals surface area contributed by atoms with Crippen LogP contribution in [-0.4, -0.2) is 17.7 Å². The summed E-state index contributed by atoms with van der Waals surface area (Å²) in [6.07, 6.45) is -2.77. The molecule has 2 aromatic carbocycles. The van der Waals surface area contributed by atoms with Crippen molar-refractivity contribution in [2.75, 3.05) is 16.9 Å². The number of rotatable bonds is 4. The predicted molar refractivity (Wildman–Crippen MR) is 91.2 cm³/mol. The summed E-state index contributed by atoms with van der Waals surface area (Å²) in [4.78, 5) is 1.07. The number of alkyl halides is 3. The van der Waals surface area contributed by atoms with E-state index in [-0.39, 0.29) is 10.9 Å². The quantitative estimate of drug-likeness (QED) is 0.586. The number of anilines is 2. The van der Waals surface area contributed by atoms with Crippen molar-refractivity contribution in [3.05, 3.63) is 48.5 Å². The van der Waals surface area contributed by atoms with E-state index in [1.807, 2.05) is 30.5 Å². The molecule has 2 N–H and O–H groups in total. The molecule has 0 aliphatic heterocycles. The molecule has 0 amide bonds. The molecule has 0 aliphatic carbocycles. The minimum atomic E-state index is -4.73. The van der Waals surface area contributed by atoms with Gasteiger partial charge < -0.3 is 15.4 Å². The van der Waals surface area contributed by atoms with Gasteiger partial charge >= 0.3 is 6.36 Å². The molecule has 0 unspecified atom stereocenters. The lowest BCUT2D eigenvalue weighted by Gasteiger charge is -2.13. The molecule has 0 heterocycles. The smallest absolute Gasteiger partial charge is 0.406 e. The molecule has 0 aliphatic rings. The number of hydrogen-bond acceptors (Lipinski definition) is 3. The zero-order valence-corrected chi connectivity index (χ0v) is 13.6. The Morgan fingerprint density at radius 1 is 1.04 bits per heavy atom. The molecule has 2 aromatic rings. The van der Waals surface area contributed by atoms with Gasteiger partial charge in [0.05, 0.1) is 0 Å². The third-order valence-corrected chi connectivity index (χ3v) is 3.58. The Labute approximate surface area is 141 Å². The zero-order chi connectivity index (χ0) is 16.9. The standard InChI is InChI=1S/C15H13F3N2OS2/c1-23-13-7-3-5-11(9-13)20-14(22)19-10-4-2-6-12(8-10)21-15(16,17)18/h2-9H,1H3,(H2,19,20,22). The lowest BCUT2D eigenvalue weighted by molar-refractivity contribution is -0.274. The predicted octanol–water partition coefficient (Wildman–Crippen LogP) is 5.12. The van der Waals surface area contributed by atoms with Gasteiger partial charge in [-0.15, -0.1) is 24.9 Å². The first-order valence-corrected chi connectivity index (χ1v) is 8.07. The second kappa shape index (κ2) is 7.56. The van der Waals surface area contributed by atoms with E-state index < -0.39 is 6.36 Å². The number of halogens is 3. The van der Waals surface area contributed by atoms with Gasteiger partial charge in [-0.3, -0.25) is 0 Å². The van der Waals surface area contributed by atoms with Crippen molar-refractivity contribution in [2.45, 2.75) is 11.3 Å². The maximum absolute atomic E-state index is 12.2. The highest BCUT2D eigenvalue weighted by Gasteiger charge is 2.31. The van der Waals surface area contributed by atoms with Crippen LogP contribution >= 0.6 is 24.0 Å². The Balaban J connectivity index is 2.01. The molecular weight excluding hydrogens is 345 g/mol.